The highest BCUT2D eigenvalue weighted by molar-refractivity contribution is 7.90. The molecule has 6 rings (SSSR count). The molecule has 2 aliphatic heterocycles. The van der Waals surface area contributed by atoms with Crippen molar-refractivity contribution < 1.29 is 27.5 Å². The smallest absolute Gasteiger partial charge is 0.286 e. The van der Waals surface area contributed by atoms with Gasteiger partial charge in [0.25, 0.3) is 21.8 Å². The lowest BCUT2D eigenvalue weighted by Gasteiger charge is -2.44. The van der Waals surface area contributed by atoms with E-state index in [1.54, 1.807) is 17.0 Å². The number of carbonyl (C=O) groups excluding carboxylic acids is 2. The summed E-state index contributed by atoms with van der Waals surface area (Å²) in [5.74, 6) is -2.36. The zero-order valence-corrected chi connectivity index (χ0v) is 19.8. The van der Waals surface area contributed by atoms with Gasteiger partial charge < -0.3 is 21.1 Å². The van der Waals surface area contributed by atoms with E-state index in [2.05, 4.69) is 9.71 Å². The van der Waals surface area contributed by atoms with Gasteiger partial charge in [-0.25, -0.2) is 4.39 Å². The normalized spacial score (nSPS) is 27.9. The number of aliphatic hydroxyl groups is 1. The number of primary amides is 1. The summed E-state index contributed by atoms with van der Waals surface area (Å²) in [5, 5.41) is 14.2. The van der Waals surface area contributed by atoms with E-state index in [9.17, 15) is 27.5 Å². The summed E-state index contributed by atoms with van der Waals surface area (Å²) in [7, 11) is -4.30. The number of hydrogen-bond acceptors (Lipinski definition) is 6. The zero-order valence-electron chi connectivity index (χ0n) is 19.0. The van der Waals surface area contributed by atoms with Crippen LogP contribution in [0.4, 0.5) is 10.1 Å². The van der Waals surface area contributed by atoms with Crippen LogP contribution in [-0.2, 0) is 21.4 Å². The number of rotatable bonds is 4. The minimum absolute atomic E-state index is 0.0761. The number of aliphatic hydroxyl groups excluding tert-OH is 1. The van der Waals surface area contributed by atoms with E-state index in [0.717, 1.165) is 19.3 Å². The van der Waals surface area contributed by atoms with Crippen molar-refractivity contribution in [2.45, 2.75) is 36.7 Å². The lowest BCUT2D eigenvalue weighted by atomic mass is 9.77. The molecule has 36 heavy (non-hydrogen) atoms. The maximum Gasteiger partial charge on any atom is 0.286 e. The number of amides is 2. The maximum absolute atomic E-state index is 13.9. The summed E-state index contributed by atoms with van der Waals surface area (Å²) in [5.41, 5.74) is 5.77. The number of nitrogens with zero attached hydrogens (tertiary/aromatic N) is 2. The van der Waals surface area contributed by atoms with Crippen molar-refractivity contribution >= 4 is 33.4 Å². The first-order valence-corrected chi connectivity index (χ1v) is 13.1. The molecule has 0 unspecified atom stereocenters. The Morgan fingerprint density at radius 2 is 1.89 bits per heavy atom. The second-order valence-corrected chi connectivity index (χ2v) is 11.3. The van der Waals surface area contributed by atoms with Gasteiger partial charge in [-0.15, -0.1) is 4.40 Å². The lowest BCUT2D eigenvalue weighted by molar-refractivity contribution is -0.134. The van der Waals surface area contributed by atoms with Crippen LogP contribution < -0.4 is 11.1 Å². The lowest BCUT2D eigenvalue weighted by Crippen LogP contribution is -2.53. The molecular weight excluding hydrogens is 487 g/mol. The molecule has 2 fully saturated rings. The second-order valence-electron chi connectivity index (χ2n) is 9.75. The Morgan fingerprint density at radius 1 is 1.17 bits per heavy atom. The highest BCUT2D eigenvalue weighted by atomic mass is 32.2. The number of nitrogens with one attached hydrogen (secondary N) is 1. The minimum atomic E-state index is -4.30. The summed E-state index contributed by atoms with van der Waals surface area (Å²) in [4.78, 5) is 27.3. The largest absolute Gasteiger partial charge is 0.511 e. The molecule has 2 aromatic rings. The fourth-order valence-electron chi connectivity index (χ4n) is 6.34. The first kappa shape index (κ1) is 22.7. The fourth-order valence-corrected chi connectivity index (χ4v) is 7.48. The Hall–Kier alpha value is -3.73. The van der Waals surface area contributed by atoms with Crippen LogP contribution in [0.15, 0.2) is 63.1 Å². The van der Waals surface area contributed by atoms with E-state index in [1.807, 2.05) is 0 Å². The van der Waals surface area contributed by atoms with Crippen LogP contribution in [0, 0.1) is 23.6 Å². The number of sulfonamides is 1. The first-order chi connectivity index (χ1) is 17.2. The topological polar surface area (TPSA) is 142 Å². The third-order valence-electron chi connectivity index (χ3n) is 7.81. The molecule has 4 atom stereocenters. The van der Waals surface area contributed by atoms with Crippen molar-refractivity contribution in [2.75, 3.05) is 5.32 Å². The molecule has 4 aliphatic rings. The number of hydrogen-bond donors (Lipinski definition) is 3. The summed E-state index contributed by atoms with van der Waals surface area (Å²) in [6.45, 7) is 0.170. The highest BCUT2D eigenvalue weighted by Crippen LogP contribution is 2.55. The van der Waals surface area contributed by atoms with Gasteiger partial charge in [0.2, 0.25) is 0 Å². The molecule has 2 aromatic carbocycles. The number of halogens is 1. The van der Waals surface area contributed by atoms with Gasteiger partial charge in [-0.05, 0) is 60.9 Å². The molecule has 2 aliphatic carbocycles. The highest BCUT2D eigenvalue weighted by Gasteiger charge is 2.57. The van der Waals surface area contributed by atoms with Gasteiger partial charge in [-0.2, -0.15) is 8.42 Å². The molecule has 9 nitrogen and oxygen atoms in total. The van der Waals surface area contributed by atoms with Crippen molar-refractivity contribution in [1.29, 1.82) is 0 Å². The number of carbonyl (C=O) groups is 2. The predicted octanol–water partition coefficient (Wildman–Crippen LogP) is 2.71. The zero-order chi connectivity index (χ0) is 25.4. The second kappa shape index (κ2) is 7.89. The quantitative estimate of drug-likeness (QED) is 0.577. The summed E-state index contributed by atoms with van der Waals surface area (Å²) in [6, 6.07) is 9.61. The molecule has 4 N–H and O–H groups in total. The number of para-hydroxylation sites is 1. The van der Waals surface area contributed by atoms with Crippen LogP contribution in [0.2, 0.25) is 0 Å². The molecule has 0 radical (unpaired) electrons. The van der Waals surface area contributed by atoms with Crippen molar-refractivity contribution in [3.63, 3.8) is 0 Å². The molecule has 0 aromatic heterocycles. The monoisotopic (exact) mass is 510 g/mol. The van der Waals surface area contributed by atoms with Crippen molar-refractivity contribution in [1.82, 2.24) is 4.90 Å². The average Bonchev–Trinajstić information content (AvgIpc) is 3.45. The predicted molar refractivity (Wildman–Crippen MR) is 128 cm³/mol. The Kier molecular flexibility index (Phi) is 4.98. The molecule has 186 valence electrons. The van der Waals surface area contributed by atoms with Gasteiger partial charge >= 0.3 is 0 Å². The molecule has 2 bridgehead atoms. The van der Waals surface area contributed by atoms with E-state index < -0.39 is 27.7 Å². The van der Waals surface area contributed by atoms with Crippen molar-refractivity contribution in [3.05, 3.63) is 70.7 Å². The van der Waals surface area contributed by atoms with E-state index >= 15 is 0 Å². The Balaban J connectivity index is 1.47. The van der Waals surface area contributed by atoms with Crippen LogP contribution in [0.3, 0.4) is 0 Å². The third-order valence-corrected chi connectivity index (χ3v) is 9.13. The third kappa shape index (κ3) is 3.33. The van der Waals surface area contributed by atoms with Gasteiger partial charge in [0.1, 0.15) is 22.0 Å². The van der Waals surface area contributed by atoms with Crippen LogP contribution in [0.5, 0.6) is 0 Å². The fraction of sp³-hybridized carbons (Fsp3) is 0.320. The van der Waals surface area contributed by atoms with E-state index in [0.29, 0.717) is 5.56 Å². The van der Waals surface area contributed by atoms with Crippen LogP contribution >= 0.6 is 0 Å². The Bertz CT molecular complexity index is 1480. The van der Waals surface area contributed by atoms with Gasteiger partial charge in [-0.3, -0.25) is 9.59 Å². The molecule has 0 spiro atoms. The summed E-state index contributed by atoms with van der Waals surface area (Å²) in [6.07, 6.45) is 2.69. The standard InChI is InChI=1S/C25H23FN4O5S/c26-15-8-4-12(5-9-15)11-30-21-14-7-6-13(10-14)18(21)22(31)19(25(30)33)24-28-20-16(23(27)32)2-1-3-17(20)36(34,35)29-24/h1-5,8-9,13-14,18,21,31H,6-7,10-11H2,(H2,27,32)(H,28,29)/t13-,14+,18+,21-/m0/s1. The maximum atomic E-state index is 13.9. The minimum Gasteiger partial charge on any atom is -0.511 e. The average molecular weight is 511 g/mol. The number of benzene rings is 2. The SMILES string of the molecule is NC(=O)c1cccc2c1NC(C1=C(O)[C@@H]3[C@H]4CC[C@H](C4)[C@@H]3N(Cc3ccc(F)cc3)C1=O)=NS2(=O)=O. The molecule has 2 heterocycles. The molecular formula is C25H23FN4O5S. The van der Waals surface area contributed by atoms with Gasteiger partial charge in [-0.1, -0.05) is 18.2 Å². The Morgan fingerprint density at radius 3 is 2.61 bits per heavy atom. The number of nitrogens with two attached hydrogens (primary N) is 1. The van der Waals surface area contributed by atoms with Gasteiger partial charge in [0.15, 0.2) is 5.84 Å². The molecule has 0 saturated heterocycles. The molecule has 2 saturated carbocycles. The summed E-state index contributed by atoms with van der Waals surface area (Å²) >= 11 is 0. The molecule has 11 heteroatoms. The molecule has 2 amide bonds. The van der Waals surface area contributed by atoms with Crippen LogP contribution in [0.25, 0.3) is 0 Å². The van der Waals surface area contributed by atoms with Gasteiger partial charge in [0.05, 0.1) is 11.3 Å². The van der Waals surface area contributed by atoms with Crippen LogP contribution in [0.1, 0.15) is 35.2 Å². The van der Waals surface area contributed by atoms with E-state index in [4.69, 9.17) is 5.73 Å². The van der Waals surface area contributed by atoms with Gasteiger partial charge in [0, 0.05) is 18.5 Å². The van der Waals surface area contributed by atoms with E-state index in [1.165, 1.54) is 30.3 Å². The number of amidine groups is 1. The number of fused-ring (bicyclic) bond motifs is 6. The Labute approximate surface area is 206 Å². The number of anilines is 1. The first-order valence-electron chi connectivity index (χ1n) is 11.7. The van der Waals surface area contributed by atoms with Crippen molar-refractivity contribution in [3.8, 4) is 0 Å². The van der Waals surface area contributed by atoms with E-state index in [-0.39, 0.29) is 63.7 Å². The van der Waals surface area contributed by atoms with Crippen molar-refractivity contribution in [2.24, 2.45) is 27.9 Å². The summed E-state index contributed by atoms with van der Waals surface area (Å²) < 4.78 is 43.4. The van der Waals surface area contributed by atoms with Crippen LogP contribution in [-0.4, -0.2) is 42.1 Å².